The molecule has 12 heteroatoms. The van der Waals surface area contributed by atoms with Crippen molar-refractivity contribution in [3.8, 4) is 11.3 Å². The van der Waals surface area contributed by atoms with E-state index in [-0.39, 0.29) is 30.3 Å². The minimum Gasteiger partial charge on any atom is -0.444 e. The summed E-state index contributed by atoms with van der Waals surface area (Å²) in [6.07, 6.45) is 7.53. The van der Waals surface area contributed by atoms with Crippen LogP contribution in [0.25, 0.3) is 22.3 Å². The van der Waals surface area contributed by atoms with Crippen molar-refractivity contribution in [2.45, 2.75) is 76.9 Å². The summed E-state index contributed by atoms with van der Waals surface area (Å²) in [5.41, 5.74) is 4.20. The Bertz CT molecular complexity index is 1740. The lowest BCUT2D eigenvalue weighted by atomic mass is 10.0. The molecule has 3 atom stereocenters. The third-order valence-corrected chi connectivity index (χ3v) is 8.89. The number of aromatic nitrogens is 4. The lowest BCUT2D eigenvalue weighted by Gasteiger charge is -2.33. The van der Waals surface area contributed by atoms with Gasteiger partial charge in [0.15, 0.2) is 0 Å². The van der Waals surface area contributed by atoms with E-state index in [4.69, 9.17) is 9.47 Å². The van der Waals surface area contributed by atoms with Crippen molar-refractivity contribution < 1.29 is 19.1 Å². The van der Waals surface area contributed by atoms with Crippen molar-refractivity contribution in [1.29, 1.82) is 0 Å². The summed E-state index contributed by atoms with van der Waals surface area (Å²) in [4.78, 5) is 46.9. The Morgan fingerprint density at radius 1 is 1.00 bits per heavy atom. The van der Waals surface area contributed by atoms with Gasteiger partial charge in [-0.1, -0.05) is 12.1 Å². The van der Waals surface area contributed by atoms with Crippen LogP contribution in [0.4, 0.5) is 16.3 Å². The number of amides is 2. The number of alkyl carbamates (subject to hydrolysis) is 1. The summed E-state index contributed by atoms with van der Waals surface area (Å²) in [5.74, 6) is 0.668. The molecule has 0 aliphatic carbocycles. The van der Waals surface area contributed by atoms with Crippen LogP contribution in [0.1, 0.15) is 62.5 Å². The Morgan fingerprint density at radius 2 is 1.79 bits per heavy atom. The average molecular weight is 639 g/mol. The SMILES string of the molecule is CC(C)(C)OC(=O)N[C@@H]1CCCN(Cc2ccnc(C(=O)Nc3ccc(-c4cc5c(N6C[C@H]7CC[C@@H](C6)O7)ncnc5[nH]4)cc3)c2)C1. The number of rotatable bonds is 7. The number of H-pyrrole nitrogens is 1. The van der Waals surface area contributed by atoms with E-state index in [9.17, 15) is 9.59 Å². The maximum absolute atomic E-state index is 13.2. The molecule has 2 amide bonds. The first kappa shape index (κ1) is 31.1. The molecule has 3 aliphatic heterocycles. The minimum absolute atomic E-state index is 0.0189. The first-order chi connectivity index (χ1) is 22.6. The molecule has 2 bridgehead atoms. The Hall–Kier alpha value is -4.55. The third kappa shape index (κ3) is 7.39. The molecule has 3 saturated heterocycles. The largest absolute Gasteiger partial charge is 0.444 e. The van der Waals surface area contributed by atoms with Crippen molar-refractivity contribution >= 4 is 34.5 Å². The number of fused-ring (bicyclic) bond motifs is 3. The number of ether oxygens (including phenoxy) is 2. The van der Waals surface area contributed by atoms with Gasteiger partial charge in [0.05, 0.1) is 17.6 Å². The highest BCUT2D eigenvalue weighted by Crippen LogP contribution is 2.34. The van der Waals surface area contributed by atoms with E-state index in [1.165, 1.54) is 0 Å². The van der Waals surface area contributed by atoms with Crippen LogP contribution in [0.3, 0.4) is 0 Å². The number of aromatic amines is 1. The molecule has 3 N–H and O–H groups in total. The van der Waals surface area contributed by atoms with Crippen LogP contribution in [0.2, 0.25) is 0 Å². The second-order valence-corrected chi connectivity index (χ2v) is 13.8. The maximum Gasteiger partial charge on any atom is 0.407 e. The van der Waals surface area contributed by atoms with E-state index in [0.717, 1.165) is 79.0 Å². The van der Waals surface area contributed by atoms with E-state index in [2.05, 4.69) is 46.4 Å². The van der Waals surface area contributed by atoms with Gasteiger partial charge in [-0.05, 0) is 94.5 Å². The summed E-state index contributed by atoms with van der Waals surface area (Å²) < 4.78 is 11.4. The molecule has 0 saturated carbocycles. The monoisotopic (exact) mass is 638 g/mol. The Labute approximate surface area is 274 Å². The number of pyridine rings is 1. The normalized spacial score (nSPS) is 21.5. The molecule has 0 radical (unpaired) electrons. The number of hydrogen-bond acceptors (Lipinski definition) is 9. The fraction of sp³-hybridized carbons (Fsp3) is 0.457. The summed E-state index contributed by atoms with van der Waals surface area (Å²) in [7, 11) is 0. The molecule has 246 valence electrons. The highest BCUT2D eigenvalue weighted by molar-refractivity contribution is 6.03. The van der Waals surface area contributed by atoms with Crippen LogP contribution >= 0.6 is 0 Å². The Kier molecular flexibility index (Phi) is 8.54. The molecule has 1 aromatic carbocycles. The van der Waals surface area contributed by atoms with Gasteiger partial charge in [-0.3, -0.25) is 14.7 Å². The van der Waals surface area contributed by atoms with Crippen LogP contribution in [0.15, 0.2) is 55.0 Å². The number of carbonyl (C=O) groups is 2. The van der Waals surface area contributed by atoms with Gasteiger partial charge >= 0.3 is 6.09 Å². The highest BCUT2D eigenvalue weighted by atomic mass is 16.6. The molecular formula is C35H42N8O4. The van der Waals surface area contributed by atoms with Crippen LogP contribution in [0.5, 0.6) is 0 Å². The third-order valence-electron chi connectivity index (χ3n) is 8.89. The van der Waals surface area contributed by atoms with Crippen molar-refractivity contribution in [1.82, 2.24) is 30.2 Å². The van der Waals surface area contributed by atoms with Gasteiger partial charge in [-0.15, -0.1) is 0 Å². The van der Waals surface area contributed by atoms with E-state index in [1.54, 1.807) is 12.5 Å². The molecule has 0 spiro atoms. The lowest BCUT2D eigenvalue weighted by Crippen LogP contribution is -2.48. The van der Waals surface area contributed by atoms with Crippen LogP contribution in [-0.4, -0.2) is 86.9 Å². The molecule has 12 nitrogen and oxygen atoms in total. The van der Waals surface area contributed by atoms with Crippen molar-refractivity contribution in [3.05, 3.63) is 66.2 Å². The number of piperidine rings is 1. The number of morpholine rings is 1. The van der Waals surface area contributed by atoms with Gasteiger partial charge in [0, 0.05) is 49.8 Å². The fourth-order valence-electron chi connectivity index (χ4n) is 6.80. The lowest BCUT2D eigenvalue weighted by molar-refractivity contribution is 0.0303. The van der Waals surface area contributed by atoms with Gasteiger partial charge in [-0.2, -0.15) is 0 Å². The summed E-state index contributed by atoms with van der Waals surface area (Å²) in [6.45, 7) is 9.56. The minimum atomic E-state index is -0.533. The molecular weight excluding hydrogens is 596 g/mol. The highest BCUT2D eigenvalue weighted by Gasteiger charge is 2.35. The topological polar surface area (TPSA) is 138 Å². The number of anilines is 2. The zero-order chi connectivity index (χ0) is 32.5. The van der Waals surface area contributed by atoms with Gasteiger partial charge in [0.25, 0.3) is 5.91 Å². The number of benzene rings is 1. The van der Waals surface area contributed by atoms with E-state index in [1.807, 2.05) is 57.2 Å². The summed E-state index contributed by atoms with van der Waals surface area (Å²) >= 11 is 0. The zero-order valence-corrected chi connectivity index (χ0v) is 27.2. The predicted molar refractivity (Wildman–Crippen MR) is 179 cm³/mol. The van der Waals surface area contributed by atoms with Crippen molar-refractivity contribution in [2.75, 3.05) is 36.4 Å². The standard InChI is InChI=1S/C35H42N8O4/c1-35(2,3)47-34(45)40-25-5-4-14-42(18-25)17-22-12-13-36-30(15-22)33(44)39-24-8-6-23(7-9-24)29-16-28-31(41-29)37-21-38-32(28)43-19-26-10-11-27(20-43)46-26/h6-9,12-13,15-16,21,25-27H,4-5,10-11,14,17-20H2,1-3H3,(H,39,44)(H,40,45)(H,37,38,41)/t25-,26-,27+/m1/s1. The molecule has 3 fully saturated rings. The smallest absolute Gasteiger partial charge is 0.407 e. The first-order valence-corrected chi connectivity index (χ1v) is 16.5. The number of carbonyl (C=O) groups excluding carboxylic acids is 2. The van der Waals surface area contributed by atoms with Gasteiger partial charge < -0.3 is 30.0 Å². The molecule has 47 heavy (non-hydrogen) atoms. The van der Waals surface area contributed by atoms with Crippen LogP contribution in [0, 0.1) is 0 Å². The quantitative estimate of drug-likeness (QED) is 0.252. The number of nitrogens with one attached hydrogen (secondary N) is 3. The van der Waals surface area contributed by atoms with Gasteiger partial charge in [0.1, 0.15) is 29.1 Å². The van der Waals surface area contributed by atoms with E-state index >= 15 is 0 Å². The van der Waals surface area contributed by atoms with E-state index < -0.39 is 5.60 Å². The number of nitrogens with zero attached hydrogens (tertiary/aromatic N) is 5. The summed E-state index contributed by atoms with van der Waals surface area (Å²) in [6, 6.07) is 13.6. The first-order valence-electron chi connectivity index (χ1n) is 16.5. The molecule has 6 heterocycles. The Morgan fingerprint density at radius 3 is 2.55 bits per heavy atom. The molecule has 3 aromatic heterocycles. The zero-order valence-electron chi connectivity index (χ0n) is 27.2. The van der Waals surface area contributed by atoms with Gasteiger partial charge in [0.2, 0.25) is 0 Å². The maximum atomic E-state index is 13.2. The van der Waals surface area contributed by atoms with Crippen molar-refractivity contribution in [2.24, 2.45) is 0 Å². The molecule has 4 aromatic rings. The average Bonchev–Trinajstić information content (AvgIpc) is 3.63. The predicted octanol–water partition coefficient (Wildman–Crippen LogP) is 5.13. The molecule has 7 rings (SSSR count). The van der Waals surface area contributed by atoms with Crippen LogP contribution in [-0.2, 0) is 16.0 Å². The number of likely N-dealkylation sites (tertiary alicyclic amines) is 1. The number of hydrogen-bond donors (Lipinski definition) is 3. The van der Waals surface area contributed by atoms with Gasteiger partial charge in [-0.25, -0.2) is 14.8 Å². The second kappa shape index (κ2) is 12.9. The molecule has 0 unspecified atom stereocenters. The molecule has 3 aliphatic rings. The fourth-order valence-corrected chi connectivity index (χ4v) is 6.80. The second-order valence-electron chi connectivity index (χ2n) is 13.8. The van der Waals surface area contributed by atoms with E-state index in [0.29, 0.717) is 24.5 Å². The van der Waals surface area contributed by atoms with Crippen LogP contribution < -0.4 is 15.5 Å². The summed E-state index contributed by atoms with van der Waals surface area (Å²) in [5, 5.41) is 6.97. The Balaban J connectivity index is 0.971. The van der Waals surface area contributed by atoms with Crippen molar-refractivity contribution in [3.63, 3.8) is 0 Å².